The van der Waals surface area contributed by atoms with Crippen molar-refractivity contribution in [3.63, 3.8) is 0 Å². The van der Waals surface area contributed by atoms with Crippen molar-refractivity contribution in [2.45, 2.75) is 26.4 Å². The summed E-state index contributed by atoms with van der Waals surface area (Å²) in [4.78, 5) is 18.0. The second kappa shape index (κ2) is 7.71. The summed E-state index contributed by atoms with van der Waals surface area (Å²) in [6.07, 6.45) is 6.27. The fourth-order valence-electron chi connectivity index (χ4n) is 3.12. The molecule has 0 fully saturated rings. The van der Waals surface area contributed by atoms with Crippen molar-refractivity contribution in [2.24, 2.45) is 0 Å². The minimum absolute atomic E-state index is 0.0665. The van der Waals surface area contributed by atoms with E-state index in [1.165, 1.54) is 4.88 Å². The van der Waals surface area contributed by atoms with Gasteiger partial charge >= 0.3 is 0 Å². The Morgan fingerprint density at radius 3 is 2.96 bits per heavy atom. The van der Waals surface area contributed by atoms with E-state index < -0.39 is 0 Å². The molecular weight excluding hydrogens is 360 g/mol. The summed E-state index contributed by atoms with van der Waals surface area (Å²) >= 11 is 1.68. The minimum atomic E-state index is -0.0665. The summed E-state index contributed by atoms with van der Waals surface area (Å²) in [6.45, 7) is 3.50. The number of aryl methyl sites for hydroxylation is 2. The van der Waals surface area contributed by atoms with Gasteiger partial charge in [0.15, 0.2) is 5.65 Å². The number of fused-ring (bicyclic) bond motifs is 1. The quantitative estimate of drug-likeness (QED) is 0.500. The molecule has 0 spiro atoms. The average Bonchev–Trinajstić information content (AvgIpc) is 3.42. The number of thiophene rings is 1. The van der Waals surface area contributed by atoms with E-state index in [2.05, 4.69) is 31.9 Å². The van der Waals surface area contributed by atoms with Gasteiger partial charge in [0.05, 0.1) is 11.1 Å². The number of nitrogens with zero attached hydrogens (tertiary/aromatic N) is 5. The lowest BCUT2D eigenvalue weighted by Crippen LogP contribution is -2.29. The molecule has 0 atom stereocenters. The maximum Gasteiger partial charge on any atom is 0.241 e. The monoisotopic (exact) mass is 380 g/mol. The van der Waals surface area contributed by atoms with E-state index in [-0.39, 0.29) is 12.5 Å². The van der Waals surface area contributed by atoms with Crippen molar-refractivity contribution < 1.29 is 4.79 Å². The second-order valence-electron chi connectivity index (χ2n) is 6.25. The van der Waals surface area contributed by atoms with Crippen molar-refractivity contribution >= 4 is 28.3 Å². The van der Waals surface area contributed by atoms with Gasteiger partial charge in [0.1, 0.15) is 6.54 Å². The predicted octanol–water partition coefficient (Wildman–Crippen LogP) is 2.87. The first-order valence-electron chi connectivity index (χ1n) is 8.82. The van der Waals surface area contributed by atoms with Crippen LogP contribution in [0.5, 0.6) is 0 Å². The Kier molecular flexibility index (Phi) is 4.97. The number of rotatable bonds is 7. The van der Waals surface area contributed by atoms with Crippen LogP contribution in [-0.2, 0) is 17.9 Å². The lowest BCUT2D eigenvalue weighted by atomic mass is 10.1. The maximum absolute atomic E-state index is 12.3. The highest BCUT2D eigenvalue weighted by Gasteiger charge is 2.16. The zero-order valence-corrected chi connectivity index (χ0v) is 15.8. The van der Waals surface area contributed by atoms with Gasteiger partial charge in [-0.2, -0.15) is 10.2 Å². The number of carbonyl (C=O) groups is 1. The average molecular weight is 380 g/mol. The van der Waals surface area contributed by atoms with Gasteiger partial charge < -0.3 is 5.32 Å². The molecule has 0 aromatic carbocycles. The zero-order valence-electron chi connectivity index (χ0n) is 15.0. The molecule has 4 heterocycles. The molecule has 4 aromatic heterocycles. The Morgan fingerprint density at radius 1 is 1.26 bits per heavy atom. The molecule has 4 aromatic rings. The van der Waals surface area contributed by atoms with E-state index in [1.54, 1.807) is 28.4 Å². The molecule has 0 aliphatic rings. The molecular formula is C19H20N6OS. The van der Waals surface area contributed by atoms with Crippen LogP contribution in [0.15, 0.2) is 48.2 Å². The Labute approximate surface area is 160 Å². The van der Waals surface area contributed by atoms with E-state index in [1.807, 2.05) is 36.0 Å². The van der Waals surface area contributed by atoms with Crippen LogP contribution >= 0.6 is 11.3 Å². The molecule has 8 heteroatoms. The number of hydrogen-bond acceptors (Lipinski definition) is 5. The maximum atomic E-state index is 12.3. The van der Waals surface area contributed by atoms with Gasteiger partial charge in [0.25, 0.3) is 0 Å². The summed E-state index contributed by atoms with van der Waals surface area (Å²) in [6, 6.07) is 8.01. The van der Waals surface area contributed by atoms with Crippen LogP contribution in [0.2, 0.25) is 0 Å². The Bertz CT molecular complexity index is 1040. The molecule has 7 nitrogen and oxygen atoms in total. The first-order valence-corrected chi connectivity index (χ1v) is 9.70. The molecule has 0 unspecified atom stereocenters. The van der Waals surface area contributed by atoms with Crippen LogP contribution in [0.1, 0.15) is 12.1 Å². The smallest absolute Gasteiger partial charge is 0.241 e. The van der Waals surface area contributed by atoms with E-state index >= 15 is 0 Å². The van der Waals surface area contributed by atoms with Gasteiger partial charge in [0, 0.05) is 42.1 Å². The number of pyridine rings is 1. The van der Waals surface area contributed by atoms with Gasteiger partial charge in [-0.15, -0.1) is 11.3 Å². The van der Waals surface area contributed by atoms with Gasteiger partial charge in [0.2, 0.25) is 5.91 Å². The molecule has 0 saturated carbocycles. The number of amides is 1. The Hall–Kier alpha value is -3.00. The van der Waals surface area contributed by atoms with Gasteiger partial charge in [-0.25, -0.2) is 9.67 Å². The lowest BCUT2D eigenvalue weighted by Gasteiger charge is -2.06. The summed E-state index contributed by atoms with van der Waals surface area (Å²) in [7, 11) is 0. The fourth-order valence-corrected chi connectivity index (χ4v) is 3.88. The third-order valence-corrected chi connectivity index (χ3v) is 5.24. The van der Waals surface area contributed by atoms with Crippen molar-refractivity contribution in [1.82, 2.24) is 29.9 Å². The lowest BCUT2D eigenvalue weighted by molar-refractivity contribution is -0.121. The summed E-state index contributed by atoms with van der Waals surface area (Å²) in [5.74, 6) is -0.0665. The number of carbonyl (C=O) groups excluding carboxylic acids is 1. The molecule has 27 heavy (non-hydrogen) atoms. The largest absolute Gasteiger partial charge is 0.354 e. The van der Waals surface area contributed by atoms with Crippen LogP contribution in [-0.4, -0.2) is 37.0 Å². The third-order valence-electron chi connectivity index (χ3n) is 4.33. The molecule has 0 bridgehead atoms. The van der Waals surface area contributed by atoms with Crippen LogP contribution in [0.4, 0.5) is 0 Å². The predicted molar refractivity (Wildman–Crippen MR) is 105 cm³/mol. The van der Waals surface area contributed by atoms with Crippen LogP contribution in [0.3, 0.4) is 0 Å². The SMILES string of the molecule is Cc1nn(CC(=O)NCCCn2cccn2)c2nccc(-c3cccs3)c12. The van der Waals surface area contributed by atoms with E-state index in [0.717, 1.165) is 35.3 Å². The van der Waals surface area contributed by atoms with Crippen molar-refractivity contribution in [2.75, 3.05) is 6.54 Å². The van der Waals surface area contributed by atoms with E-state index in [4.69, 9.17) is 0 Å². The molecule has 0 radical (unpaired) electrons. The summed E-state index contributed by atoms with van der Waals surface area (Å²) < 4.78 is 3.54. The highest BCUT2D eigenvalue weighted by Crippen LogP contribution is 2.32. The fraction of sp³-hybridized carbons (Fsp3) is 0.263. The van der Waals surface area contributed by atoms with Gasteiger partial charge in [-0.1, -0.05) is 6.07 Å². The first kappa shape index (κ1) is 17.4. The molecule has 138 valence electrons. The molecule has 1 amide bonds. The minimum Gasteiger partial charge on any atom is -0.354 e. The highest BCUT2D eigenvalue weighted by atomic mass is 32.1. The molecule has 0 aliphatic carbocycles. The first-order chi connectivity index (χ1) is 13.2. The standard InChI is InChI=1S/C19H20N6OS/c1-14-18-15(16-5-2-12-27-16)6-9-21-19(18)25(23-14)13-17(26)20-7-3-10-24-11-4-8-22-24/h2,4-6,8-9,11-12H,3,7,10,13H2,1H3,(H,20,26). The molecule has 0 aliphatic heterocycles. The van der Waals surface area contributed by atoms with Crippen LogP contribution < -0.4 is 5.32 Å². The molecule has 4 rings (SSSR count). The third kappa shape index (κ3) is 3.75. The number of nitrogens with one attached hydrogen (secondary N) is 1. The van der Waals surface area contributed by atoms with E-state index in [9.17, 15) is 4.79 Å². The Balaban J connectivity index is 1.44. The molecule has 1 N–H and O–H groups in total. The van der Waals surface area contributed by atoms with Gasteiger partial charge in [-0.05, 0) is 36.9 Å². The summed E-state index contributed by atoms with van der Waals surface area (Å²) in [5, 5.41) is 14.7. The topological polar surface area (TPSA) is 77.6 Å². The molecule has 0 saturated heterocycles. The highest BCUT2D eigenvalue weighted by molar-refractivity contribution is 7.13. The summed E-state index contributed by atoms with van der Waals surface area (Å²) in [5.41, 5.74) is 2.73. The second-order valence-corrected chi connectivity index (χ2v) is 7.20. The Morgan fingerprint density at radius 2 is 2.19 bits per heavy atom. The van der Waals surface area contributed by atoms with Crippen molar-refractivity contribution in [3.8, 4) is 10.4 Å². The van der Waals surface area contributed by atoms with Crippen molar-refractivity contribution in [3.05, 3.63) is 53.9 Å². The van der Waals surface area contributed by atoms with Gasteiger partial charge in [-0.3, -0.25) is 9.48 Å². The zero-order chi connectivity index (χ0) is 18.6. The van der Waals surface area contributed by atoms with E-state index in [0.29, 0.717) is 6.54 Å². The number of hydrogen-bond donors (Lipinski definition) is 1. The number of aromatic nitrogens is 5. The normalized spacial score (nSPS) is 11.1. The van der Waals surface area contributed by atoms with Crippen LogP contribution in [0.25, 0.3) is 21.5 Å². The van der Waals surface area contributed by atoms with Crippen LogP contribution in [0, 0.1) is 6.92 Å². The van der Waals surface area contributed by atoms with Crippen molar-refractivity contribution in [1.29, 1.82) is 0 Å².